The fraction of sp³-hybridized carbons (Fsp3) is 0.950. The first-order valence-corrected chi connectivity index (χ1v) is 34.4. The fourth-order valence-electron chi connectivity index (χ4n) is 13.9. The highest BCUT2D eigenvalue weighted by Crippen LogP contribution is 2.41. The Morgan fingerprint density at radius 1 is 0.262 bits per heavy atom. The van der Waals surface area contributed by atoms with Crippen molar-refractivity contribution in [3.05, 3.63) is 0 Å². The maximum atomic E-state index is 13.1. The van der Waals surface area contributed by atoms with Gasteiger partial charge in [0.05, 0.1) is 58.5 Å². The number of aliphatic hydroxyl groups excluding tert-OH is 24. The van der Waals surface area contributed by atoms with E-state index in [0.29, 0.717) is 0 Å². The molecule has 9 aliphatic heterocycles. The zero-order chi connectivity index (χ0) is 78.8. The molecule has 47 nitrogen and oxygen atoms in total. The van der Waals surface area contributed by atoms with Gasteiger partial charge < -0.3 is 219 Å². The summed E-state index contributed by atoms with van der Waals surface area (Å²) in [6.07, 6.45) is -83.3. The van der Waals surface area contributed by atoms with Gasteiger partial charge in [-0.25, -0.2) is 0 Å². The lowest BCUT2D eigenvalue weighted by Crippen LogP contribution is -2.71. The van der Waals surface area contributed by atoms with Crippen molar-refractivity contribution in [2.45, 2.75) is 311 Å². The fourth-order valence-corrected chi connectivity index (χ4v) is 13.9. The third-order valence-electron chi connectivity index (χ3n) is 19.9. The van der Waals surface area contributed by atoms with Crippen molar-refractivity contribution in [1.29, 1.82) is 0 Å². The van der Waals surface area contributed by atoms with E-state index >= 15 is 0 Å². The van der Waals surface area contributed by atoms with Crippen LogP contribution in [0.2, 0.25) is 0 Å². The molecule has 620 valence electrons. The number of rotatable bonds is 26. The summed E-state index contributed by atoms with van der Waals surface area (Å²) in [4.78, 5) is 38.9. The van der Waals surface area contributed by atoms with Crippen molar-refractivity contribution in [1.82, 2.24) is 16.0 Å². The summed E-state index contributed by atoms with van der Waals surface area (Å²) in [7, 11) is 0. The largest absolute Gasteiger partial charge is 0.394 e. The summed E-state index contributed by atoms with van der Waals surface area (Å²) in [6, 6.07) is -5.65. The van der Waals surface area contributed by atoms with E-state index in [1.807, 2.05) is 0 Å². The van der Waals surface area contributed by atoms with Crippen molar-refractivity contribution >= 4 is 17.7 Å². The molecular formula is C60H101N3O44. The van der Waals surface area contributed by atoms with Crippen LogP contribution >= 0.6 is 0 Å². The van der Waals surface area contributed by atoms with Crippen LogP contribution in [0.25, 0.3) is 0 Å². The minimum Gasteiger partial charge on any atom is -0.394 e. The van der Waals surface area contributed by atoms with Crippen molar-refractivity contribution in [2.75, 3.05) is 46.2 Å². The monoisotopic (exact) mass is 1570 g/mol. The average molecular weight is 1570 g/mol. The minimum absolute atomic E-state index is 0.896. The average Bonchev–Trinajstić information content (AvgIpc) is 0.739. The van der Waals surface area contributed by atoms with Crippen molar-refractivity contribution in [2.24, 2.45) is 0 Å². The van der Waals surface area contributed by atoms with Crippen LogP contribution < -0.4 is 16.0 Å². The van der Waals surface area contributed by atoms with Crippen molar-refractivity contribution < 1.29 is 217 Å². The van der Waals surface area contributed by atoms with Gasteiger partial charge in [-0.05, 0) is 13.8 Å². The van der Waals surface area contributed by atoms with Crippen LogP contribution in [0.5, 0.6) is 0 Å². The summed E-state index contributed by atoms with van der Waals surface area (Å²) in [5.41, 5.74) is 0. The molecule has 0 bridgehead atoms. The predicted octanol–water partition coefficient (Wildman–Crippen LogP) is -18.1. The second-order valence-electron chi connectivity index (χ2n) is 27.4. The number of hydrogen-bond acceptors (Lipinski definition) is 44. The summed E-state index contributed by atoms with van der Waals surface area (Å²) >= 11 is 0. The Morgan fingerprint density at radius 2 is 0.542 bits per heavy atom. The van der Waals surface area contributed by atoms with E-state index in [9.17, 15) is 137 Å². The number of aliphatic hydroxyl groups is 24. The van der Waals surface area contributed by atoms with Crippen LogP contribution in [0, 0.1) is 0 Å². The molecule has 0 radical (unpaired) electrons. The molecule has 9 aliphatic rings. The van der Waals surface area contributed by atoms with Gasteiger partial charge in [-0.1, -0.05) is 0 Å². The zero-order valence-electron chi connectivity index (χ0n) is 57.8. The Labute approximate surface area is 606 Å². The third-order valence-corrected chi connectivity index (χ3v) is 19.9. The SMILES string of the molecule is CC(=O)N[C@H]1[C@H](OC[C@H]2OC(O)[C@H](NC(C)=O)[C@@H](O[C@@H]3O[C@H](CO)[C@@H](O[C@@H]4O[C@H](CO)[C@H](O)[C@H](O[C@H]5O[C@H](CO)[C@H](O)[C@H](O)[C@H]5O)[C@H]4O[C@@H]4O[C@@H](C)[C@@H](O)[C@@H](O)[C@@H]4O)[C@H](O)[C@H]3NC(C)=O)[C@H]2O)O[C@H](CO)[C@@H](O[C@@H]2O[C@H](CO)[C@H](O)[C@H](O[C@H]3O[C@H](CO)[C@H](O)[C@H](O)[C@H]3O)[C@H]2O[C@@H]2O[C@@H](C)[C@@H](O)[C@@H](O)[C@@H]2O)[C@@H]1O. The van der Waals surface area contributed by atoms with E-state index in [4.69, 9.17) is 80.5 Å². The molecule has 0 aliphatic carbocycles. The Balaban J connectivity index is 0.965. The lowest BCUT2D eigenvalue weighted by Gasteiger charge is -2.51. The molecule has 0 saturated carbocycles. The molecule has 9 rings (SSSR count). The first kappa shape index (κ1) is 87.7. The zero-order valence-corrected chi connectivity index (χ0v) is 57.8. The van der Waals surface area contributed by atoms with E-state index in [1.54, 1.807) is 0 Å². The van der Waals surface area contributed by atoms with Gasteiger partial charge in [0, 0.05) is 20.8 Å². The summed E-state index contributed by atoms with van der Waals surface area (Å²) in [5, 5.41) is 271. The molecule has 1 unspecified atom stereocenters. The predicted molar refractivity (Wildman–Crippen MR) is 329 cm³/mol. The van der Waals surface area contributed by atoms with E-state index in [-0.39, 0.29) is 0 Å². The number of nitrogens with one attached hydrogen (secondary N) is 3. The van der Waals surface area contributed by atoms with Crippen molar-refractivity contribution in [3.8, 4) is 0 Å². The van der Waals surface area contributed by atoms with Crippen LogP contribution in [-0.4, -0.2) is 463 Å². The first-order valence-electron chi connectivity index (χ1n) is 34.4. The molecular weight excluding hydrogens is 1470 g/mol. The minimum atomic E-state index is -2.24. The standard InChI is InChI=1S/C60H101N3O44/c1-13-28(73)37(82)41(86)55(92-13)106-50-48(104-57-43(88)39(84)30(75)18(6-64)95-57)32(77)20(8-66)97-59(50)101-45-22(10-68)99-53(25(35(45)80)61-15(3)70)91-12-24-34(79)47(27(52(90)94-24)63-17(5)72)103-54-26(62-16(4)71)36(81)46(23(11-69)100-54)102-60-51(107-56-42(87)38(83)29(74)14(2)93-56)49(33(78)21(9-67)98-60)105-58-44(89)40(85)31(76)19(7-65)96-58/h13-14,18-60,64-69,73-90H,6-12H2,1-5H3,(H,61,70)(H,62,71)(H,63,72)/t13-,14-,18+,19+,20+,21+,22+,23+,24+,25+,26+,27+,28+,29+,30-,31-,32-,33-,34-,35+,36+,37+,38+,39-,40-,41-,42-,43+,44+,45+,46+,47+,48-,49-,50+,51+,52?,53+,54-,55-,56-,57+,58+,59-,60-/m0/s1. The quantitative estimate of drug-likeness (QED) is 0.0382. The highest BCUT2D eigenvalue weighted by atomic mass is 16.8. The van der Waals surface area contributed by atoms with Gasteiger partial charge in [-0.3, -0.25) is 14.4 Å². The highest BCUT2D eigenvalue weighted by Gasteiger charge is 2.61. The molecule has 27 N–H and O–H groups in total. The van der Waals surface area contributed by atoms with Gasteiger partial charge in [0.15, 0.2) is 56.6 Å². The Bertz CT molecular complexity index is 2800. The molecule has 0 aromatic rings. The summed E-state index contributed by atoms with van der Waals surface area (Å²) in [6.45, 7) is -2.03. The Hall–Kier alpha value is -3.23. The highest BCUT2D eigenvalue weighted by molar-refractivity contribution is 5.74. The number of amides is 3. The number of carbonyl (C=O) groups excluding carboxylic acids is 3. The lowest BCUT2D eigenvalue weighted by molar-refractivity contribution is -0.404. The summed E-state index contributed by atoms with van der Waals surface area (Å²) < 4.78 is 101. The smallest absolute Gasteiger partial charge is 0.217 e. The normalized spacial score (nSPS) is 50.7. The van der Waals surface area contributed by atoms with E-state index in [1.165, 1.54) is 13.8 Å². The van der Waals surface area contributed by atoms with E-state index in [2.05, 4.69) is 16.0 Å². The Kier molecular flexibility index (Phi) is 31.0. The van der Waals surface area contributed by atoms with Gasteiger partial charge in [-0.15, -0.1) is 0 Å². The molecule has 47 heteroatoms. The topological polar surface area (TPSA) is 730 Å². The lowest BCUT2D eigenvalue weighted by atomic mass is 9.93. The Morgan fingerprint density at radius 3 is 0.916 bits per heavy atom. The van der Waals surface area contributed by atoms with Gasteiger partial charge in [0.2, 0.25) is 17.7 Å². The van der Waals surface area contributed by atoms with E-state index in [0.717, 1.165) is 20.8 Å². The van der Waals surface area contributed by atoms with Gasteiger partial charge in [0.25, 0.3) is 0 Å². The molecule has 45 atom stereocenters. The van der Waals surface area contributed by atoms with Gasteiger partial charge >= 0.3 is 0 Å². The first-order chi connectivity index (χ1) is 50.5. The van der Waals surface area contributed by atoms with Gasteiger partial charge in [-0.2, -0.15) is 0 Å². The maximum absolute atomic E-state index is 13.1. The molecule has 9 fully saturated rings. The third kappa shape index (κ3) is 19.1. The number of ether oxygens (including phenoxy) is 17. The molecule has 107 heavy (non-hydrogen) atoms. The second-order valence-corrected chi connectivity index (χ2v) is 27.4. The van der Waals surface area contributed by atoms with Gasteiger partial charge in [0.1, 0.15) is 207 Å². The van der Waals surface area contributed by atoms with Crippen LogP contribution in [0.3, 0.4) is 0 Å². The summed E-state index contributed by atoms with van der Waals surface area (Å²) in [5.74, 6) is -2.75. The second kappa shape index (κ2) is 37.8. The molecule has 3 amide bonds. The molecule has 0 spiro atoms. The molecule has 9 saturated heterocycles. The van der Waals surface area contributed by atoms with Crippen LogP contribution in [0.15, 0.2) is 0 Å². The molecule has 0 aromatic heterocycles. The number of hydrogen-bond donors (Lipinski definition) is 27. The molecule has 9 heterocycles. The van der Waals surface area contributed by atoms with E-state index < -0.39 is 340 Å². The van der Waals surface area contributed by atoms with Crippen LogP contribution in [0.1, 0.15) is 34.6 Å². The molecule has 0 aromatic carbocycles. The van der Waals surface area contributed by atoms with Crippen LogP contribution in [-0.2, 0) is 94.9 Å². The van der Waals surface area contributed by atoms with Crippen molar-refractivity contribution in [3.63, 3.8) is 0 Å². The van der Waals surface area contributed by atoms with Crippen LogP contribution in [0.4, 0.5) is 0 Å². The number of carbonyl (C=O) groups is 3. The maximum Gasteiger partial charge on any atom is 0.217 e.